The summed E-state index contributed by atoms with van der Waals surface area (Å²) < 4.78 is 12.1. The van der Waals surface area contributed by atoms with E-state index in [2.05, 4.69) is 37.4 Å². The van der Waals surface area contributed by atoms with Gasteiger partial charge in [0.25, 0.3) is 0 Å². The van der Waals surface area contributed by atoms with E-state index in [-0.39, 0.29) is 36.9 Å². The molecule has 3 heterocycles. The zero-order valence-electron chi connectivity index (χ0n) is 22.9. The van der Waals surface area contributed by atoms with Crippen molar-refractivity contribution >= 4 is 23.2 Å². The first-order valence-corrected chi connectivity index (χ1v) is 14.9. The van der Waals surface area contributed by atoms with E-state index in [0.29, 0.717) is 32.2 Å². The molecule has 6 nitrogen and oxygen atoms in total. The van der Waals surface area contributed by atoms with E-state index in [0.717, 1.165) is 36.1 Å². The molecule has 0 radical (unpaired) electrons. The van der Waals surface area contributed by atoms with Crippen molar-refractivity contribution in [2.24, 2.45) is 0 Å². The molecular formula is C32H38N2O4S. The third-order valence-electron chi connectivity index (χ3n) is 7.69. The number of carbonyl (C=O) groups excluding carboxylic acids is 2. The van der Waals surface area contributed by atoms with E-state index in [1.165, 1.54) is 10.4 Å². The Balaban J connectivity index is 1.30. The summed E-state index contributed by atoms with van der Waals surface area (Å²) >= 11 is 1.74. The molecule has 5 rings (SSSR count). The molecular weight excluding hydrogens is 508 g/mol. The molecule has 0 spiro atoms. The number of fused-ring (bicyclic) bond motifs is 1. The lowest BCUT2D eigenvalue weighted by Gasteiger charge is -2.37. The van der Waals surface area contributed by atoms with Crippen molar-refractivity contribution in [3.05, 3.63) is 87.6 Å². The number of hydrogen-bond acceptors (Lipinski definition) is 5. The summed E-state index contributed by atoms with van der Waals surface area (Å²) in [7, 11) is 0. The molecule has 2 aromatic carbocycles. The number of hydrogen-bond donors (Lipinski definition) is 0. The Morgan fingerprint density at radius 3 is 2.62 bits per heavy atom. The van der Waals surface area contributed by atoms with Crippen molar-refractivity contribution in [1.29, 1.82) is 0 Å². The van der Waals surface area contributed by atoms with E-state index in [9.17, 15) is 9.59 Å². The highest BCUT2D eigenvalue weighted by atomic mass is 32.1. The van der Waals surface area contributed by atoms with Crippen LogP contribution in [0.15, 0.2) is 66.0 Å². The average molecular weight is 547 g/mol. The summed E-state index contributed by atoms with van der Waals surface area (Å²) in [4.78, 5) is 32.2. The molecule has 2 aliphatic rings. The van der Waals surface area contributed by atoms with E-state index in [1.54, 1.807) is 16.2 Å². The Morgan fingerprint density at radius 2 is 1.90 bits per heavy atom. The van der Waals surface area contributed by atoms with Gasteiger partial charge in [0.15, 0.2) is 0 Å². The fourth-order valence-electron chi connectivity index (χ4n) is 5.42. The molecule has 206 valence electrons. The van der Waals surface area contributed by atoms with E-state index in [1.807, 2.05) is 47.4 Å². The molecule has 1 fully saturated rings. The van der Waals surface area contributed by atoms with Gasteiger partial charge in [-0.2, -0.15) is 0 Å². The molecule has 3 aromatic rings. The third-order valence-corrected chi connectivity index (χ3v) is 8.69. The number of benzene rings is 2. The lowest BCUT2D eigenvalue weighted by atomic mass is 10.00. The van der Waals surface area contributed by atoms with Crippen molar-refractivity contribution in [3.8, 4) is 5.75 Å². The number of amides is 2. The number of nitrogens with zero attached hydrogens (tertiary/aromatic N) is 2. The van der Waals surface area contributed by atoms with Crippen LogP contribution in [0.4, 0.5) is 0 Å². The minimum atomic E-state index is -0.189. The Bertz CT molecular complexity index is 1230. The zero-order chi connectivity index (χ0) is 27.2. The average Bonchev–Trinajstić information content (AvgIpc) is 3.64. The first kappa shape index (κ1) is 27.4. The molecule has 0 N–H and O–H groups in total. The maximum atomic E-state index is 13.9. The molecule has 0 aliphatic carbocycles. The van der Waals surface area contributed by atoms with Crippen LogP contribution < -0.4 is 4.74 Å². The lowest BCUT2D eigenvalue weighted by molar-refractivity contribution is -0.143. The van der Waals surface area contributed by atoms with Gasteiger partial charge in [-0.25, -0.2) is 0 Å². The van der Waals surface area contributed by atoms with Crippen LogP contribution in [0.25, 0.3) is 0 Å². The molecule has 1 saturated heterocycles. The maximum Gasteiger partial charge on any atom is 0.242 e. The highest BCUT2D eigenvalue weighted by molar-refractivity contribution is 7.10. The van der Waals surface area contributed by atoms with Gasteiger partial charge in [0.2, 0.25) is 11.8 Å². The Hall–Kier alpha value is -3.16. The molecule has 2 amide bonds. The van der Waals surface area contributed by atoms with Crippen LogP contribution in [-0.2, 0) is 27.2 Å². The van der Waals surface area contributed by atoms with E-state index in [4.69, 9.17) is 9.47 Å². The number of carbonyl (C=O) groups is 2. The van der Waals surface area contributed by atoms with Crippen LogP contribution in [0.1, 0.15) is 60.2 Å². The van der Waals surface area contributed by atoms with Crippen LogP contribution in [-0.4, -0.2) is 60.6 Å². The number of thiophene rings is 1. The summed E-state index contributed by atoms with van der Waals surface area (Å²) in [6.45, 7) is 6.54. The number of rotatable bonds is 10. The second-order valence-electron chi connectivity index (χ2n) is 10.8. The number of ether oxygens (including phenoxy) is 2. The van der Waals surface area contributed by atoms with Gasteiger partial charge in [-0.1, -0.05) is 56.3 Å². The van der Waals surface area contributed by atoms with Gasteiger partial charge in [0.1, 0.15) is 12.4 Å². The predicted molar refractivity (Wildman–Crippen MR) is 154 cm³/mol. The van der Waals surface area contributed by atoms with Gasteiger partial charge in [0.05, 0.1) is 25.1 Å². The molecule has 2 atom stereocenters. The molecule has 2 aliphatic heterocycles. The van der Waals surface area contributed by atoms with E-state index < -0.39 is 0 Å². The minimum Gasteiger partial charge on any atom is -0.491 e. The Labute approximate surface area is 235 Å². The van der Waals surface area contributed by atoms with Gasteiger partial charge >= 0.3 is 0 Å². The van der Waals surface area contributed by atoms with Gasteiger partial charge in [0, 0.05) is 24.6 Å². The molecule has 7 heteroatoms. The normalized spacial score (nSPS) is 18.7. The molecule has 0 unspecified atom stereocenters. The van der Waals surface area contributed by atoms with Crippen LogP contribution in [0.5, 0.6) is 5.75 Å². The fraction of sp³-hybridized carbons (Fsp3) is 0.438. The van der Waals surface area contributed by atoms with Gasteiger partial charge in [-0.3, -0.25) is 9.59 Å². The second-order valence-corrected chi connectivity index (χ2v) is 11.8. The summed E-state index contributed by atoms with van der Waals surface area (Å²) in [6, 6.07) is 19.8. The first-order chi connectivity index (χ1) is 19.0. The van der Waals surface area contributed by atoms with Gasteiger partial charge < -0.3 is 19.3 Å². The van der Waals surface area contributed by atoms with Crippen LogP contribution in [0.2, 0.25) is 0 Å². The SMILES string of the molecule is CC(C)c1ccc(OC[C@@H]2c3ccsc3CCN2C(=O)CN(C[C@@H]2CCCO2)C(=O)Cc2ccccc2)cc1. The summed E-state index contributed by atoms with van der Waals surface area (Å²) in [6.07, 6.45) is 2.98. The highest BCUT2D eigenvalue weighted by Gasteiger charge is 2.34. The highest BCUT2D eigenvalue weighted by Crippen LogP contribution is 2.34. The topological polar surface area (TPSA) is 59.1 Å². The maximum absolute atomic E-state index is 13.9. The minimum absolute atomic E-state index is 0.0182. The smallest absolute Gasteiger partial charge is 0.242 e. The molecule has 0 saturated carbocycles. The Morgan fingerprint density at radius 1 is 1.10 bits per heavy atom. The molecule has 0 bridgehead atoms. The quantitative estimate of drug-likeness (QED) is 0.331. The summed E-state index contributed by atoms with van der Waals surface area (Å²) in [5, 5.41) is 2.09. The summed E-state index contributed by atoms with van der Waals surface area (Å²) in [5.74, 6) is 1.17. The second kappa shape index (κ2) is 12.8. The van der Waals surface area contributed by atoms with Crippen molar-refractivity contribution in [2.45, 2.75) is 57.6 Å². The van der Waals surface area contributed by atoms with E-state index >= 15 is 0 Å². The van der Waals surface area contributed by atoms with Gasteiger partial charge in [-0.15, -0.1) is 11.3 Å². The molecule has 39 heavy (non-hydrogen) atoms. The van der Waals surface area contributed by atoms with Crippen LogP contribution in [0.3, 0.4) is 0 Å². The largest absolute Gasteiger partial charge is 0.491 e. The fourth-order valence-corrected chi connectivity index (χ4v) is 6.35. The van der Waals surface area contributed by atoms with Crippen LogP contribution >= 0.6 is 11.3 Å². The van der Waals surface area contributed by atoms with Crippen molar-refractivity contribution in [3.63, 3.8) is 0 Å². The monoisotopic (exact) mass is 546 g/mol. The van der Waals surface area contributed by atoms with Crippen molar-refractivity contribution < 1.29 is 19.1 Å². The predicted octanol–water partition coefficient (Wildman–Crippen LogP) is 5.63. The lowest BCUT2D eigenvalue weighted by Crippen LogP contribution is -2.49. The van der Waals surface area contributed by atoms with Crippen molar-refractivity contribution in [2.75, 3.05) is 32.8 Å². The first-order valence-electron chi connectivity index (χ1n) is 14.0. The summed E-state index contributed by atoms with van der Waals surface area (Å²) in [5.41, 5.74) is 3.37. The van der Waals surface area contributed by atoms with Crippen LogP contribution in [0, 0.1) is 0 Å². The Kier molecular flexibility index (Phi) is 8.99. The zero-order valence-corrected chi connectivity index (χ0v) is 23.7. The standard InChI is InChI=1S/C32H38N2O4S/c1-23(2)25-10-12-26(13-11-25)38-22-29-28-15-18-39-30(28)14-16-34(29)32(36)21-33(20-27-9-6-17-37-27)31(35)19-24-7-4-3-5-8-24/h3-5,7-8,10-13,15,18,23,27,29H,6,9,14,16-17,19-22H2,1-2H3/t27-,29+/m0/s1. The molecule has 1 aromatic heterocycles. The van der Waals surface area contributed by atoms with Crippen molar-refractivity contribution in [1.82, 2.24) is 9.80 Å². The third kappa shape index (κ3) is 6.89. The van der Waals surface area contributed by atoms with Gasteiger partial charge in [-0.05, 0) is 65.4 Å².